The molecule has 0 aromatic carbocycles. The van der Waals surface area contributed by atoms with Crippen molar-refractivity contribution in [3.63, 3.8) is 0 Å². The Kier molecular flexibility index (Phi) is 6.05. The van der Waals surface area contributed by atoms with E-state index in [1.165, 1.54) is 28.0 Å². The fourth-order valence-electron chi connectivity index (χ4n) is 4.60. The summed E-state index contributed by atoms with van der Waals surface area (Å²) in [6, 6.07) is 0. The number of hydrogen-bond donors (Lipinski definition) is 5. The van der Waals surface area contributed by atoms with Crippen LogP contribution < -0.4 is 9.46 Å². The number of nitrogens with zero attached hydrogens (tertiary/aromatic N) is 5. The Bertz CT molecular complexity index is 1450. The fraction of sp³-hybridized carbons (Fsp3) is 0.588. The minimum absolute atomic E-state index is 0.204. The average Bonchev–Trinajstić information content (AvgIpc) is 3.57. The average molecular weight is 565 g/mol. The van der Waals surface area contributed by atoms with E-state index in [1.54, 1.807) is 10.6 Å². The van der Waals surface area contributed by atoms with Crippen LogP contribution in [0.3, 0.4) is 0 Å². The maximum atomic E-state index is 12.2. The molecule has 5 N–H and O–H groups in total. The first-order chi connectivity index (χ1) is 17.5. The number of phosphoric ester groups is 2. The van der Waals surface area contributed by atoms with E-state index in [0.29, 0.717) is 5.65 Å². The summed E-state index contributed by atoms with van der Waals surface area (Å²) in [5.41, 5.74) is 0.825. The molecule has 37 heavy (non-hydrogen) atoms. The van der Waals surface area contributed by atoms with Gasteiger partial charge < -0.3 is 44.2 Å². The van der Waals surface area contributed by atoms with E-state index >= 15 is 0 Å². The Hall–Kier alpha value is -1.89. The van der Waals surface area contributed by atoms with Gasteiger partial charge in [0.15, 0.2) is 23.7 Å². The molecule has 0 spiro atoms. The van der Waals surface area contributed by atoms with E-state index in [4.69, 9.17) is 9.47 Å². The SMILES string of the molecule is O=P1([O-])OC[C@H]2OC([C@H](O)[C@@H]2O)[n+]2ccn3cnc4c(ncn4C4O[C@H](COP(=O)(O)O1)[C@@H](O)[C@H]4O)c32. The largest absolute Gasteiger partial charge is 0.756 e. The van der Waals surface area contributed by atoms with Crippen molar-refractivity contribution in [2.75, 3.05) is 13.2 Å². The Balaban J connectivity index is 1.47. The quantitative estimate of drug-likeness (QED) is 0.133. The van der Waals surface area contributed by atoms with Crippen molar-refractivity contribution in [2.24, 2.45) is 0 Å². The molecule has 20 heteroatoms. The maximum absolute atomic E-state index is 12.2. The van der Waals surface area contributed by atoms with Gasteiger partial charge in [0.1, 0.15) is 49.0 Å². The number of hydrogen-bond acceptors (Lipinski definition) is 14. The summed E-state index contributed by atoms with van der Waals surface area (Å²) in [6.45, 7) is -1.71. The third-order valence-electron chi connectivity index (χ3n) is 6.39. The van der Waals surface area contributed by atoms with E-state index in [-0.39, 0.29) is 11.2 Å². The van der Waals surface area contributed by atoms with Gasteiger partial charge in [-0.05, 0) is 0 Å². The van der Waals surface area contributed by atoms with Crippen molar-refractivity contribution in [1.29, 1.82) is 0 Å². The second kappa shape index (κ2) is 8.82. The molecule has 8 bridgehead atoms. The number of aromatic nitrogens is 5. The zero-order valence-corrected chi connectivity index (χ0v) is 20.3. The summed E-state index contributed by atoms with van der Waals surface area (Å²) in [6.07, 6.45) is -5.79. The standard InChI is InChI=1S/C17H21N5O13P2/c23-10-7-3-31-36(27,28)35-37(29,30)32-4-8-11(24)13(26)17(34-8)22-6-18-9-14(22)19-5-20-1-2-21(15(9)20)16(33-7)12(10)25/h1-2,5-8,10-13,16-17,23-26H,3-4H2,(H-,27,28,29,30)/t7-,8-,10-,11-,12-,13-,16?,17?/m1/s1. The van der Waals surface area contributed by atoms with Crippen molar-refractivity contribution in [3.8, 4) is 0 Å². The van der Waals surface area contributed by atoms with Crippen LogP contribution in [0, 0.1) is 0 Å². The Morgan fingerprint density at radius 1 is 0.973 bits per heavy atom. The van der Waals surface area contributed by atoms with Gasteiger partial charge in [-0.2, -0.15) is 14.0 Å². The van der Waals surface area contributed by atoms with Crippen molar-refractivity contribution < 1.29 is 66.7 Å². The van der Waals surface area contributed by atoms with Crippen LogP contribution >= 0.6 is 15.6 Å². The van der Waals surface area contributed by atoms with Crippen LogP contribution in [0.1, 0.15) is 12.5 Å². The monoisotopic (exact) mass is 565 g/mol. The summed E-state index contributed by atoms with van der Waals surface area (Å²) >= 11 is 0. The van der Waals surface area contributed by atoms with E-state index < -0.39 is 77.9 Å². The molecule has 3 aromatic rings. The highest BCUT2D eigenvalue weighted by Gasteiger charge is 2.49. The third-order valence-corrected chi connectivity index (χ3v) is 8.95. The van der Waals surface area contributed by atoms with Gasteiger partial charge >= 0.3 is 13.5 Å². The number of fused-ring (bicyclic) bond motifs is 6. The van der Waals surface area contributed by atoms with Crippen molar-refractivity contribution >= 4 is 32.5 Å². The fourth-order valence-corrected chi connectivity index (χ4v) is 6.66. The van der Waals surface area contributed by atoms with Gasteiger partial charge in [0, 0.05) is 0 Å². The molecule has 3 aliphatic heterocycles. The van der Waals surface area contributed by atoms with Gasteiger partial charge in [-0.3, -0.25) is 13.7 Å². The first kappa shape index (κ1) is 25.4. The summed E-state index contributed by atoms with van der Waals surface area (Å²) in [5.74, 6) is 0. The zero-order chi connectivity index (χ0) is 26.3. The topological polar surface area (TPSA) is 243 Å². The summed E-state index contributed by atoms with van der Waals surface area (Å²) in [4.78, 5) is 30.7. The molecular formula is C17H21N5O13P2. The molecule has 0 aliphatic carbocycles. The Morgan fingerprint density at radius 3 is 2.46 bits per heavy atom. The molecule has 10 atom stereocenters. The van der Waals surface area contributed by atoms with E-state index in [9.17, 15) is 39.3 Å². The molecule has 2 fully saturated rings. The lowest BCUT2D eigenvalue weighted by Gasteiger charge is -2.26. The van der Waals surface area contributed by atoms with Gasteiger partial charge in [-0.25, -0.2) is 13.9 Å². The van der Waals surface area contributed by atoms with E-state index in [2.05, 4.69) is 23.3 Å². The molecule has 2 saturated heterocycles. The Labute approximate surface area is 206 Å². The van der Waals surface area contributed by atoms with Crippen LogP contribution in [0.5, 0.6) is 0 Å². The molecule has 202 valence electrons. The van der Waals surface area contributed by atoms with Crippen LogP contribution in [-0.2, 0) is 32.0 Å². The Morgan fingerprint density at radius 2 is 1.68 bits per heavy atom. The number of ether oxygens (including phenoxy) is 2. The third kappa shape index (κ3) is 4.24. The molecule has 4 unspecified atom stereocenters. The lowest BCUT2D eigenvalue weighted by atomic mass is 10.1. The second-order valence-corrected chi connectivity index (χ2v) is 11.7. The summed E-state index contributed by atoms with van der Waals surface area (Å²) < 4.78 is 53.4. The molecule has 6 heterocycles. The summed E-state index contributed by atoms with van der Waals surface area (Å²) in [5, 5.41) is 42.2. The number of rotatable bonds is 0. The second-order valence-electron chi connectivity index (χ2n) is 8.69. The van der Waals surface area contributed by atoms with Gasteiger partial charge in [-0.1, -0.05) is 0 Å². The zero-order valence-electron chi connectivity index (χ0n) is 18.5. The number of aliphatic hydroxyl groups excluding tert-OH is 4. The molecule has 18 nitrogen and oxygen atoms in total. The highest BCUT2D eigenvalue weighted by Crippen LogP contribution is 2.58. The molecular weight excluding hydrogens is 544 g/mol. The minimum atomic E-state index is -5.49. The van der Waals surface area contributed by atoms with E-state index in [0.717, 1.165) is 0 Å². The maximum Gasteiger partial charge on any atom is 0.478 e. The first-order valence-electron chi connectivity index (χ1n) is 10.9. The normalized spacial score (nSPS) is 43.1. The predicted molar refractivity (Wildman–Crippen MR) is 111 cm³/mol. The number of imidazole rings is 2. The van der Waals surface area contributed by atoms with Gasteiger partial charge in [-0.15, -0.1) is 0 Å². The molecule has 6 rings (SSSR count). The molecule has 0 amide bonds. The molecule has 3 aromatic heterocycles. The van der Waals surface area contributed by atoms with Gasteiger partial charge in [0.2, 0.25) is 6.23 Å². The van der Waals surface area contributed by atoms with Crippen LogP contribution in [-0.4, -0.2) is 94.1 Å². The van der Waals surface area contributed by atoms with Crippen LogP contribution in [0.15, 0.2) is 25.0 Å². The van der Waals surface area contributed by atoms with Crippen molar-refractivity contribution in [1.82, 2.24) is 18.9 Å². The lowest BCUT2D eigenvalue weighted by molar-refractivity contribution is -0.742. The van der Waals surface area contributed by atoms with Gasteiger partial charge in [0.05, 0.1) is 19.5 Å². The highest BCUT2D eigenvalue weighted by atomic mass is 31.3. The summed E-state index contributed by atoms with van der Waals surface area (Å²) in [7, 11) is -10.8. The lowest BCUT2D eigenvalue weighted by Crippen LogP contribution is -2.45. The molecule has 0 saturated carbocycles. The predicted octanol–water partition coefficient (Wildman–Crippen LogP) is -3.16. The van der Waals surface area contributed by atoms with Crippen molar-refractivity contribution in [2.45, 2.75) is 49.1 Å². The number of aliphatic hydroxyl groups is 4. The smallest absolute Gasteiger partial charge is 0.478 e. The number of phosphoric acid groups is 2. The first-order valence-corrected chi connectivity index (χ1v) is 13.8. The van der Waals surface area contributed by atoms with Crippen LogP contribution in [0.2, 0.25) is 0 Å². The van der Waals surface area contributed by atoms with E-state index in [1.807, 2.05) is 0 Å². The van der Waals surface area contributed by atoms with Gasteiger partial charge in [0.25, 0.3) is 7.82 Å². The van der Waals surface area contributed by atoms with Crippen molar-refractivity contribution in [3.05, 3.63) is 25.0 Å². The van der Waals surface area contributed by atoms with Crippen LogP contribution in [0.4, 0.5) is 0 Å². The molecule has 0 radical (unpaired) electrons. The minimum Gasteiger partial charge on any atom is -0.756 e. The highest BCUT2D eigenvalue weighted by molar-refractivity contribution is 7.60. The van der Waals surface area contributed by atoms with Crippen LogP contribution in [0.25, 0.3) is 16.8 Å². The molecule has 3 aliphatic rings.